The zero-order valence-electron chi connectivity index (χ0n) is 33.5. The average molecular weight is 809 g/mol. The van der Waals surface area contributed by atoms with Crippen molar-refractivity contribution in [3.8, 4) is 62.5 Å². The third-order valence-electron chi connectivity index (χ3n) is 11.9. The molecule has 5 heterocycles. The van der Waals surface area contributed by atoms with E-state index < -0.39 is 0 Å². The predicted molar refractivity (Wildman–Crippen MR) is 251 cm³/mol. The molecule has 8 heteroatoms. The Bertz CT molecular complexity index is 3910. The van der Waals surface area contributed by atoms with E-state index in [-0.39, 0.29) is 0 Å². The van der Waals surface area contributed by atoms with Gasteiger partial charge in [-0.3, -0.25) is 0 Å². The van der Waals surface area contributed by atoms with Crippen molar-refractivity contribution in [2.45, 2.75) is 0 Å². The summed E-state index contributed by atoms with van der Waals surface area (Å²) in [5.41, 5.74) is 12.1. The minimum Gasteiger partial charge on any atom is -0.456 e. The molecule has 0 spiro atoms. The number of aromatic nitrogens is 6. The summed E-state index contributed by atoms with van der Waals surface area (Å²) in [7, 11) is 0. The number of fused-ring (bicyclic) bond motifs is 9. The first-order chi connectivity index (χ1) is 31.2. The highest BCUT2D eigenvalue weighted by Crippen LogP contribution is 2.41. The number of para-hydroxylation sites is 3. The molecule has 8 nitrogen and oxygen atoms in total. The first kappa shape index (κ1) is 35.0. The summed E-state index contributed by atoms with van der Waals surface area (Å²) >= 11 is 0. The second kappa shape index (κ2) is 13.9. The molecule has 0 aliphatic carbocycles. The first-order valence-corrected chi connectivity index (χ1v) is 20.8. The highest BCUT2D eigenvalue weighted by molar-refractivity contribution is 6.14. The molecule has 0 atom stereocenters. The van der Waals surface area contributed by atoms with E-state index >= 15 is 0 Å². The molecule has 0 saturated carbocycles. The number of hydrogen-bond acceptors (Lipinski definition) is 7. The van der Waals surface area contributed by atoms with Gasteiger partial charge in [-0.15, -0.1) is 0 Å². The molecular formula is C55H32N6O2. The van der Waals surface area contributed by atoms with Crippen LogP contribution in [0.3, 0.4) is 0 Å². The maximum atomic E-state index is 6.54. The molecule has 0 bridgehead atoms. The normalized spacial score (nSPS) is 11.8. The Hall–Kier alpha value is -8.75. The van der Waals surface area contributed by atoms with Crippen molar-refractivity contribution in [1.82, 2.24) is 29.5 Å². The van der Waals surface area contributed by atoms with Crippen molar-refractivity contribution in [3.05, 3.63) is 194 Å². The van der Waals surface area contributed by atoms with Crippen LogP contribution < -0.4 is 0 Å². The maximum absolute atomic E-state index is 6.54. The highest BCUT2D eigenvalue weighted by Gasteiger charge is 2.22. The van der Waals surface area contributed by atoms with Crippen molar-refractivity contribution in [2.24, 2.45) is 0 Å². The molecule has 0 amide bonds. The molecule has 13 rings (SSSR count). The van der Waals surface area contributed by atoms with Crippen LogP contribution in [0.1, 0.15) is 0 Å². The molecule has 0 N–H and O–H groups in total. The van der Waals surface area contributed by atoms with Gasteiger partial charge in [0.05, 0.1) is 11.0 Å². The second-order valence-electron chi connectivity index (χ2n) is 15.6. The summed E-state index contributed by atoms with van der Waals surface area (Å²) in [6.45, 7) is 0. The smallest absolute Gasteiger partial charge is 0.180 e. The van der Waals surface area contributed by atoms with E-state index in [1.165, 1.54) is 0 Å². The summed E-state index contributed by atoms with van der Waals surface area (Å²) in [4.78, 5) is 25.9. The van der Waals surface area contributed by atoms with Crippen molar-refractivity contribution in [1.29, 1.82) is 0 Å². The monoisotopic (exact) mass is 808 g/mol. The van der Waals surface area contributed by atoms with Gasteiger partial charge in [-0.05, 0) is 72.8 Å². The standard InChI is InChI=1S/C55H32N6O2/c1-4-15-33(16-5-1)49-51-50(39-22-11-13-25-45(39)63-51)57-53(56-49)36-28-30-46-42(32-36)48-40(23-14-26-47(48)62-46)55-59-52(34-17-6-2-7-18-34)58-54(60-55)35-27-29-44-41(31-35)38-21-10-12-24-43(38)61(44)37-19-8-3-9-20-37/h1-32H. The quantitative estimate of drug-likeness (QED) is 0.165. The SMILES string of the molecule is c1ccc(-c2nc(-c3ccc4c(c3)c3ccccc3n4-c3ccccc3)nc(-c3cccc4oc5ccc(-c6nc(-c7ccccc7)c7oc8ccccc8c7n6)cc5c34)n2)cc1. The van der Waals surface area contributed by atoms with E-state index in [4.69, 9.17) is 33.8 Å². The molecule has 0 aliphatic rings. The summed E-state index contributed by atoms with van der Waals surface area (Å²) in [6, 6.07) is 65.8. The van der Waals surface area contributed by atoms with E-state index in [0.29, 0.717) is 28.9 Å². The van der Waals surface area contributed by atoms with E-state index in [1.807, 2.05) is 115 Å². The zero-order chi connectivity index (χ0) is 41.4. The molecular weight excluding hydrogens is 777 g/mol. The highest BCUT2D eigenvalue weighted by atomic mass is 16.3. The fourth-order valence-corrected chi connectivity index (χ4v) is 8.97. The summed E-state index contributed by atoms with van der Waals surface area (Å²) in [5, 5.41) is 5.00. The van der Waals surface area contributed by atoms with Crippen LogP contribution in [-0.2, 0) is 0 Å². The molecule has 0 saturated heterocycles. The summed E-state index contributed by atoms with van der Waals surface area (Å²) in [5.74, 6) is 2.28. The Labute approximate surface area is 359 Å². The van der Waals surface area contributed by atoms with Gasteiger partial charge in [0.1, 0.15) is 28.0 Å². The number of benzene rings is 8. The molecule has 294 valence electrons. The Morgan fingerprint density at radius 3 is 1.75 bits per heavy atom. The molecule has 63 heavy (non-hydrogen) atoms. The summed E-state index contributed by atoms with van der Waals surface area (Å²) < 4.78 is 15.2. The maximum Gasteiger partial charge on any atom is 0.180 e. The van der Waals surface area contributed by atoms with Gasteiger partial charge in [-0.2, -0.15) is 0 Å². The molecule has 8 aromatic carbocycles. The molecule has 0 fully saturated rings. The van der Waals surface area contributed by atoms with Crippen LogP contribution >= 0.6 is 0 Å². The Morgan fingerprint density at radius 2 is 0.937 bits per heavy atom. The Kier molecular flexibility index (Phi) is 7.74. The van der Waals surface area contributed by atoms with Gasteiger partial charge in [0, 0.05) is 60.4 Å². The molecule has 0 aliphatic heterocycles. The van der Waals surface area contributed by atoms with Crippen LogP contribution in [0, 0.1) is 0 Å². The fraction of sp³-hybridized carbons (Fsp3) is 0. The number of hydrogen-bond donors (Lipinski definition) is 0. The topological polar surface area (TPSA) is 95.7 Å². The molecule has 13 aromatic rings. The number of furan rings is 2. The number of nitrogens with zero attached hydrogens (tertiary/aromatic N) is 6. The van der Waals surface area contributed by atoms with E-state index in [2.05, 4.69) is 83.4 Å². The van der Waals surface area contributed by atoms with Gasteiger partial charge in [-0.25, -0.2) is 24.9 Å². The largest absolute Gasteiger partial charge is 0.456 e. The third-order valence-corrected chi connectivity index (χ3v) is 11.9. The minimum atomic E-state index is 0.540. The van der Waals surface area contributed by atoms with E-state index in [0.717, 1.165) is 99.4 Å². The average Bonchev–Trinajstić information content (AvgIpc) is 4.03. The molecule has 0 radical (unpaired) electrons. The van der Waals surface area contributed by atoms with Gasteiger partial charge >= 0.3 is 0 Å². The van der Waals surface area contributed by atoms with Gasteiger partial charge in [0.2, 0.25) is 0 Å². The van der Waals surface area contributed by atoms with Gasteiger partial charge in [0.15, 0.2) is 28.9 Å². The Morgan fingerprint density at radius 1 is 0.349 bits per heavy atom. The van der Waals surface area contributed by atoms with Gasteiger partial charge in [0.25, 0.3) is 0 Å². The van der Waals surface area contributed by atoms with E-state index in [1.54, 1.807) is 0 Å². The van der Waals surface area contributed by atoms with Crippen LogP contribution in [0.2, 0.25) is 0 Å². The van der Waals surface area contributed by atoms with Crippen LogP contribution in [0.4, 0.5) is 0 Å². The van der Waals surface area contributed by atoms with Crippen LogP contribution in [0.15, 0.2) is 203 Å². The van der Waals surface area contributed by atoms with Crippen molar-refractivity contribution in [2.75, 3.05) is 0 Å². The number of rotatable bonds is 6. The van der Waals surface area contributed by atoms with Crippen LogP contribution in [0.5, 0.6) is 0 Å². The Balaban J connectivity index is 1.01. The van der Waals surface area contributed by atoms with Crippen molar-refractivity contribution < 1.29 is 8.83 Å². The lowest BCUT2D eigenvalue weighted by molar-refractivity contribution is 0.667. The lowest BCUT2D eigenvalue weighted by Crippen LogP contribution is -2.00. The van der Waals surface area contributed by atoms with E-state index in [9.17, 15) is 0 Å². The minimum absolute atomic E-state index is 0.540. The third kappa shape index (κ3) is 5.66. The lowest BCUT2D eigenvalue weighted by Gasteiger charge is -2.10. The van der Waals surface area contributed by atoms with Gasteiger partial charge in [-0.1, -0.05) is 121 Å². The van der Waals surface area contributed by atoms with Crippen LogP contribution in [0.25, 0.3) is 128 Å². The predicted octanol–water partition coefficient (Wildman–Crippen LogP) is 13.9. The fourth-order valence-electron chi connectivity index (χ4n) is 8.97. The van der Waals surface area contributed by atoms with Crippen LogP contribution in [-0.4, -0.2) is 29.5 Å². The van der Waals surface area contributed by atoms with Gasteiger partial charge < -0.3 is 13.4 Å². The second-order valence-corrected chi connectivity index (χ2v) is 15.6. The first-order valence-electron chi connectivity index (χ1n) is 20.8. The molecule has 0 unspecified atom stereocenters. The lowest BCUT2D eigenvalue weighted by atomic mass is 10.0. The zero-order valence-corrected chi connectivity index (χ0v) is 33.5. The van der Waals surface area contributed by atoms with Crippen molar-refractivity contribution >= 4 is 65.8 Å². The molecule has 5 aromatic heterocycles. The van der Waals surface area contributed by atoms with Crippen molar-refractivity contribution in [3.63, 3.8) is 0 Å². The summed E-state index contributed by atoms with van der Waals surface area (Å²) in [6.07, 6.45) is 0.